The summed E-state index contributed by atoms with van der Waals surface area (Å²) in [7, 11) is 1.30. The maximum atomic E-state index is 14.1. The second-order valence-corrected chi connectivity index (χ2v) is 11.7. The van der Waals surface area contributed by atoms with Crippen LogP contribution in [0.3, 0.4) is 0 Å². The summed E-state index contributed by atoms with van der Waals surface area (Å²) in [6.45, 7) is 3.76. The molecule has 4 heterocycles. The summed E-state index contributed by atoms with van der Waals surface area (Å²) in [6, 6.07) is 17.1. The highest BCUT2D eigenvalue weighted by Crippen LogP contribution is 2.35. The molecule has 0 fully saturated rings. The van der Waals surface area contributed by atoms with E-state index in [1.165, 1.54) is 40.4 Å². The average Bonchev–Trinajstić information content (AvgIpc) is 3.77. The zero-order valence-corrected chi connectivity index (χ0v) is 25.4. The van der Waals surface area contributed by atoms with Crippen molar-refractivity contribution in [3.8, 4) is 22.7 Å². The Bertz CT molecular complexity index is 2110. The van der Waals surface area contributed by atoms with Crippen LogP contribution >= 0.6 is 22.7 Å². The normalized spacial score (nSPS) is 14.7. The molecule has 1 aliphatic heterocycles. The maximum Gasteiger partial charge on any atom is 0.338 e. The van der Waals surface area contributed by atoms with Gasteiger partial charge in [-0.2, -0.15) is 5.10 Å². The molecule has 13 heteroatoms. The van der Waals surface area contributed by atoms with Crippen molar-refractivity contribution in [1.82, 2.24) is 14.3 Å². The van der Waals surface area contributed by atoms with E-state index in [1.807, 2.05) is 47.8 Å². The van der Waals surface area contributed by atoms with Gasteiger partial charge in [0.1, 0.15) is 11.7 Å². The van der Waals surface area contributed by atoms with Gasteiger partial charge in [-0.05, 0) is 55.6 Å². The van der Waals surface area contributed by atoms with Crippen molar-refractivity contribution in [2.24, 2.45) is 4.99 Å². The second kappa shape index (κ2) is 11.9. The molecule has 44 heavy (non-hydrogen) atoms. The van der Waals surface area contributed by atoms with Crippen molar-refractivity contribution in [3.05, 3.63) is 124 Å². The molecule has 0 bridgehead atoms. The van der Waals surface area contributed by atoms with E-state index in [-0.39, 0.29) is 23.6 Å². The molecular weight excluding hydrogens is 603 g/mol. The lowest BCUT2D eigenvalue weighted by Gasteiger charge is -2.22. The predicted molar refractivity (Wildman–Crippen MR) is 167 cm³/mol. The van der Waals surface area contributed by atoms with Gasteiger partial charge in [0.05, 0.1) is 40.1 Å². The standard InChI is InChI=1S/C31H25N5O6S2/c1-4-42-23-13-12-19(15-22(23)36(39)40)27-20(17-34(33-27)21-9-6-5-7-10-21)16-25-29(37)35-28(24-11-8-14-43-24)26(30(38)41-3)18(2)32-31(35)44-25/h5-17,28H,4H2,1-3H3. The number of benzene rings is 2. The van der Waals surface area contributed by atoms with E-state index in [4.69, 9.17) is 14.6 Å². The van der Waals surface area contributed by atoms with Crippen molar-refractivity contribution in [2.45, 2.75) is 19.9 Å². The SMILES string of the molecule is CCOc1ccc(-c2nn(-c3ccccc3)cc2C=c2sc3n(c2=O)C(c2cccs2)C(C(=O)OC)=C(C)N=3)cc1[N+](=O)[O-]. The molecule has 0 saturated heterocycles. The topological polar surface area (TPSA) is 131 Å². The number of rotatable bonds is 8. The van der Waals surface area contributed by atoms with Gasteiger partial charge in [0.2, 0.25) is 0 Å². The third kappa shape index (κ3) is 5.16. The fraction of sp³-hybridized carbons (Fsp3) is 0.161. The molecule has 1 aliphatic rings. The number of nitro benzene ring substituents is 1. The Morgan fingerprint density at radius 1 is 1.16 bits per heavy atom. The number of esters is 1. The van der Waals surface area contributed by atoms with Gasteiger partial charge in [0, 0.05) is 28.3 Å². The molecule has 0 N–H and O–H groups in total. The minimum absolute atomic E-state index is 0.156. The van der Waals surface area contributed by atoms with Gasteiger partial charge in [-0.3, -0.25) is 19.5 Å². The van der Waals surface area contributed by atoms with Gasteiger partial charge in [-0.25, -0.2) is 14.5 Å². The minimum atomic E-state index is -0.693. The molecule has 1 atom stereocenters. The van der Waals surface area contributed by atoms with Crippen LogP contribution in [0, 0.1) is 10.1 Å². The van der Waals surface area contributed by atoms with E-state index in [0.29, 0.717) is 37.4 Å². The van der Waals surface area contributed by atoms with Gasteiger partial charge < -0.3 is 9.47 Å². The molecule has 0 saturated carbocycles. The third-order valence-electron chi connectivity index (χ3n) is 7.02. The number of hydrogen-bond donors (Lipinski definition) is 0. The molecule has 2 aromatic carbocycles. The number of methoxy groups -OCH3 is 1. The van der Waals surface area contributed by atoms with Crippen molar-refractivity contribution in [1.29, 1.82) is 0 Å². The smallest absolute Gasteiger partial charge is 0.338 e. The number of carbonyl (C=O) groups excluding carboxylic acids is 1. The number of hydrogen-bond acceptors (Lipinski definition) is 10. The van der Waals surface area contributed by atoms with Crippen molar-refractivity contribution in [2.75, 3.05) is 13.7 Å². The first-order chi connectivity index (χ1) is 21.3. The molecule has 11 nitrogen and oxygen atoms in total. The Morgan fingerprint density at radius 3 is 2.64 bits per heavy atom. The quantitative estimate of drug-likeness (QED) is 0.139. The fourth-order valence-electron chi connectivity index (χ4n) is 5.07. The summed E-state index contributed by atoms with van der Waals surface area (Å²) in [5.74, 6) is -0.397. The van der Waals surface area contributed by atoms with Crippen LogP contribution in [0.15, 0.2) is 93.3 Å². The predicted octanol–water partition coefficient (Wildman–Crippen LogP) is 4.63. The Balaban J connectivity index is 1.57. The van der Waals surface area contributed by atoms with E-state index < -0.39 is 16.9 Å². The summed E-state index contributed by atoms with van der Waals surface area (Å²) in [5, 5.41) is 18.6. The van der Waals surface area contributed by atoms with E-state index in [1.54, 1.807) is 42.9 Å². The number of aromatic nitrogens is 3. The molecule has 3 aromatic heterocycles. The summed E-state index contributed by atoms with van der Waals surface area (Å²) in [5.41, 5.74) is 2.50. The molecule has 1 unspecified atom stereocenters. The first-order valence-electron chi connectivity index (χ1n) is 13.5. The number of carbonyl (C=O) groups is 1. The molecule has 222 valence electrons. The average molecular weight is 628 g/mol. The fourth-order valence-corrected chi connectivity index (χ4v) is 6.93. The maximum absolute atomic E-state index is 14.1. The zero-order chi connectivity index (χ0) is 31.0. The number of allylic oxidation sites excluding steroid dienone is 1. The number of fused-ring (bicyclic) bond motifs is 1. The molecule has 0 amide bonds. The lowest BCUT2D eigenvalue weighted by atomic mass is 10.0. The summed E-state index contributed by atoms with van der Waals surface area (Å²) in [6.07, 6.45) is 3.48. The van der Waals surface area contributed by atoms with E-state index in [0.717, 1.165) is 10.6 Å². The number of ether oxygens (including phenoxy) is 2. The lowest BCUT2D eigenvalue weighted by molar-refractivity contribution is -0.385. The number of para-hydroxylation sites is 1. The van der Waals surface area contributed by atoms with Crippen molar-refractivity contribution >= 4 is 40.4 Å². The highest BCUT2D eigenvalue weighted by molar-refractivity contribution is 7.10. The van der Waals surface area contributed by atoms with Gasteiger partial charge in [-0.15, -0.1) is 11.3 Å². The Hall–Kier alpha value is -5.14. The summed E-state index contributed by atoms with van der Waals surface area (Å²) < 4.78 is 14.1. The van der Waals surface area contributed by atoms with Crippen LogP contribution in [0.5, 0.6) is 5.75 Å². The van der Waals surface area contributed by atoms with Crippen LogP contribution in [-0.2, 0) is 9.53 Å². The first-order valence-corrected chi connectivity index (χ1v) is 15.2. The Morgan fingerprint density at radius 2 is 1.95 bits per heavy atom. The second-order valence-electron chi connectivity index (χ2n) is 9.67. The van der Waals surface area contributed by atoms with Gasteiger partial charge in [-0.1, -0.05) is 35.6 Å². The molecule has 5 aromatic rings. The van der Waals surface area contributed by atoms with E-state index in [9.17, 15) is 19.7 Å². The largest absolute Gasteiger partial charge is 0.487 e. The zero-order valence-electron chi connectivity index (χ0n) is 23.8. The molecule has 0 radical (unpaired) electrons. The Kier molecular flexibility index (Phi) is 7.80. The highest BCUT2D eigenvalue weighted by Gasteiger charge is 2.33. The van der Waals surface area contributed by atoms with E-state index >= 15 is 0 Å². The number of thiophene rings is 1. The van der Waals surface area contributed by atoms with Crippen LogP contribution < -0.4 is 19.6 Å². The molecule has 0 spiro atoms. The monoisotopic (exact) mass is 627 g/mol. The summed E-state index contributed by atoms with van der Waals surface area (Å²) in [4.78, 5) is 44.2. The van der Waals surface area contributed by atoms with Gasteiger partial charge >= 0.3 is 11.7 Å². The van der Waals surface area contributed by atoms with Gasteiger partial charge in [0.25, 0.3) is 5.56 Å². The van der Waals surface area contributed by atoms with Crippen LogP contribution in [-0.4, -0.2) is 39.0 Å². The summed E-state index contributed by atoms with van der Waals surface area (Å²) >= 11 is 2.62. The van der Waals surface area contributed by atoms with E-state index in [2.05, 4.69) is 4.99 Å². The third-order valence-corrected chi connectivity index (χ3v) is 8.93. The van der Waals surface area contributed by atoms with Gasteiger partial charge in [0.15, 0.2) is 10.6 Å². The number of thiazole rings is 1. The van der Waals surface area contributed by atoms with Crippen LogP contribution in [0.25, 0.3) is 23.0 Å². The Labute approximate surface area is 258 Å². The molecule has 6 rings (SSSR count). The van der Waals surface area contributed by atoms with Crippen LogP contribution in [0.2, 0.25) is 0 Å². The first kappa shape index (κ1) is 29.0. The van der Waals surface area contributed by atoms with Crippen LogP contribution in [0.4, 0.5) is 5.69 Å². The van der Waals surface area contributed by atoms with Crippen LogP contribution in [0.1, 0.15) is 30.3 Å². The molecular formula is C31H25N5O6S2. The van der Waals surface area contributed by atoms with Crippen molar-refractivity contribution in [3.63, 3.8) is 0 Å². The van der Waals surface area contributed by atoms with Crippen molar-refractivity contribution < 1.29 is 19.2 Å². The lowest BCUT2D eigenvalue weighted by Crippen LogP contribution is -2.39. The molecule has 0 aliphatic carbocycles. The number of nitro groups is 1. The highest BCUT2D eigenvalue weighted by atomic mass is 32.1. The number of nitrogens with zero attached hydrogens (tertiary/aromatic N) is 5. The minimum Gasteiger partial charge on any atom is -0.487 e.